The first-order valence-electron chi connectivity index (χ1n) is 7.77. The Morgan fingerprint density at radius 3 is 2.60 bits per heavy atom. The van der Waals surface area contributed by atoms with Crippen molar-refractivity contribution in [2.75, 3.05) is 0 Å². The number of hydrogen-bond acceptors (Lipinski definition) is 3. The number of rotatable bonds is 5. The minimum atomic E-state index is -0.478. The molecule has 0 radical (unpaired) electrons. The predicted molar refractivity (Wildman–Crippen MR) is 88.6 cm³/mol. The maximum atomic E-state index is 13.6. The molecule has 0 saturated carbocycles. The average molecular weight is 342 g/mol. The minimum Gasteiger partial charge on any atom is -0.438 e. The first-order valence-corrected chi connectivity index (χ1v) is 7.77. The molecule has 3 rings (SSSR count). The summed E-state index contributed by atoms with van der Waals surface area (Å²) in [5.74, 6) is -0.289. The minimum absolute atomic E-state index is 0.0669. The molecule has 4 nitrogen and oxygen atoms in total. The molecule has 1 amide bonds. The number of hydrogen-bond donors (Lipinski definition) is 1. The highest BCUT2D eigenvalue weighted by atomic mass is 19.1. The summed E-state index contributed by atoms with van der Waals surface area (Å²) >= 11 is 0. The standard InChI is InChI=1S/C19H16F2N2O2/c1-12(23-18(24)10-14-4-2-3-5-16(14)21)19-22-11-17(25-19)13-6-8-15(20)9-7-13/h2-9,11-12H,10H2,1H3,(H,23,24). The fourth-order valence-electron chi connectivity index (χ4n) is 2.40. The zero-order valence-corrected chi connectivity index (χ0v) is 13.5. The Hall–Kier alpha value is -3.02. The Morgan fingerprint density at radius 1 is 1.16 bits per heavy atom. The normalized spacial score (nSPS) is 12.0. The fraction of sp³-hybridized carbons (Fsp3) is 0.158. The number of amides is 1. The molecule has 0 fully saturated rings. The van der Waals surface area contributed by atoms with Crippen molar-refractivity contribution in [2.45, 2.75) is 19.4 Å². The summed E-state index contributed by atoms with van der Waals surface area (Å²) in [4.78, 5) is 16.2. The van der Waals surface area contributed by atoms with Crippen molar-refractivity contribution in [3.05, 3.63) is 77.8 Å². The summed E-state index contributed by atoms with van der Waals surface area (Å²) in [6.45, 7) is 1.72. The van der Waals surface area contributed by atoms with Crippen LogP contribution in [0.4, 0.5) is 8.78 Å². The second kappa shape index (κ2) is 7.25. The Labute approximate surface area is 143 Å². The topological polar surface area (TPSA) is 55.1 Å². The van der Waals surface area contributed by atoms with Gasteiger partial charge in [-0.2, -0.15) is 0 Å². The third kappa shape index (κ3) is 4.09. The SMILES string of the molecule is CC(NC(=O)Cc1ccccc1F)c1ncc(-c2ccc(F)cc2)o1. The van der Waals surface area contributed by atoms with Gasteiger partial charge in [-0.25, -0.2) is 13.8 Å². The highest BCUT2D eigenvalue weighted by Gasteiger charge is 2.17. The molecule has 1 atom stereocenters. The predicted octanol–water partition coefficient (Wildman–Crippen LogP) is 4.04. The average Bonchev–Trinajstić information content (AvgIpc) is 3.08. The van der Waals surface area contributed by atoms with Gasteiger partial charge in [0, 0.05) is 5.56 Å². The van der Waals surface area contributed by atoms with E-state index in [0.717, 1.165) is 0 Å². The van der Waals surface area contributed by atoms with Crippen LogP contribution in [0, 0.1) is 11.6 Å². The van der Waals surface area contributed by atoms with Crippen molar-refractivity contribution in [2.24, 2.45) is 0 Å². The van der Waals surface area contributed by atoms with Gasteiger partial charge in [-0.3, -0.25) is 4.79 Å². The molecule has 0 spiro atoms. The van der Waals surface area contributed by atoms with E-state index in [9.17, 15) is 13.6 Å². The molecule has 0 aliphatic heterocycles. The molecule has 0 bridgehead atoms. The molecule has 1 aromatic heterocycles. The monoisotopic (exact) mass is 342 g/mol. The molecule has 6 heteroatoms. The third-order valence-corrected chi connectivity index (χ3v) is 3.71. The van der Waals surface area contributed by atoms with Crippen LogP contribution in [0.3, 0.4) is 0 Å². The van der Waals surface area contributed by atoms with E-state index in [0.29, 0.717) is 22.8 Å². The lowest BCUT2D eigenvalue weighted by Crippen LogP contribution is -2.28. The van der Waals surface area contributed by atoms with Crippen molar-refractivity contribution in [3.63, 3.8) is 0 Å². The van der Waals surface area contributed by atoms with E-state index in [1.807, 2.05) is 0 Å². The van der Waals surface area contributed by atoms with Crippen LogP contribution in [0.5, 0.6) is 0 Å². The molecule has 3 aromatic rings. The second-order valence-electron chi connectivity index (χ2n) is 5.63. The number of nitrogens with zero attached hydrogens (tertiary/aromatic N) is 1. The number of aromatic nitrogens is 1. The molecule has 128 valence electrons. The van der Waals surface area contributed by atoms with E-state index in [4.69, 9.17) is 4.42 Å². The van der Waals surface area contributed by atoms with Crippen LogP contribution >= 0.6 is 0 Å². The first-order chi connectivity index (χ1) is 12.0. The molecule has 1 heterocycles. The number of carbonyl (C=O) groups excluding carboxylic acids is 1. The van der Waals surface area contributed by atoms with Crippen LogP contribution in [-0.2, 0) is 11.2 Å². The molecule has 0 aliphatic rings. The van der Waals surface area contributed by atoms with Gasteiger partial charge in [-0.1, -0.05) is 18.2 Å². The molecule has 1 N–H and O–H groups in total. The number of oxazole rings is 1. The van der Waals surface area contributed by atoms with Gasteiger partial charge in [-0.05, 0) is 42.8 Å². The van der Waals surface area contributed by atoms with Gasteiger partial charge >= 0.3 is 0 Å². The van der Waals surface area contributed by atoms with Gasteiger partial charge in [0.2, 0.25) is 11.8 Å². The molecular formula is C19H16F2N2O2. The third-order valence-electron chi connectivity index (χ3n) is 3.71. The second-order valence-corrected chi connectivity index (χ2v) is 5.63. The Balaban J connectivity index is 1.65. The van der Waals surface area contributed by atoms with Gasteiger partial charge in [0.15, 0.2) is 5.76 Å². The molecular weight excluding hydrogens is 326 g/mol. The van der Waals surface area contributed by atoms with Gasteiger partial charge < -0.3 is 9.73 Å². The number of carbonyl (C=O) groups is 1. The quantitative estimate of drug-likeness (QED) is 0.761. The Kier molecular flexibility index (Phi) is 4.88. The number of halogens is 2. The summed E-state index contributed by atoms with van der Waals surface area (Å²) in [7, 11) is 0. The van der Waals surface area contributed by atoms with Crippen LogP contribution in [0.1, 0.15) is 24.4 Å². The Bertz CT molecular complexity index is 875. The number of nitrogens with one attached hydrogen (secondary N) is 1. The molecule has 1 unspecified atom stereocenters. The van der Waals surface area contributed by atoms with Gasteiger partial charge in [0.25, 0.3) is 0 Å². The molecule has 2 aromatic carbocycles. The molecule has 0 saturated heterocycles. The van der Waals surface area contributed by atoms with Crippen molar-refractivity contribution in [1.82, 2.24) is 10.3 Å². The van der Waals surface area contributed by atoms with E-state index in [1.165, 1.54) is 24.4 Å². The van der Waals surface area contributed by atoms with Crippen LogP contribution in [0.2, 0.25) is 0 Å². The maximum absolute atomic E-state index is 13.6. The van der Waals surface area contributed by atoms with E-state index in [2.05, 4.69) is 10.3 Å². The summed E-state index contributed by atoms with van der Waals surface area (Å²) in [5, 5.41) is 2.72. The highest BCUT2D eigenvalue weighted by molar-refractivity contribution is 5.78. The van der Waals surface area contributed by atoms with Crippen LogP contribution < -0.4 is 5.32 Å². The lowest BCUT2D eigenvalue weighted by atomic mass is 10.1. The lowest BCUT2D eigenvalue weighted by molar-refractivity contribution is -0.121. The Morgan fingerprint density at radius 2 is 1.88 bits per heavy atom. The lowest BCUT2D eigenvalue weighted by Gasteiger charge is -2.10. The zero-order valence-electron chi connectivity index (χ0n) is 13.5. The molecule has 25 heavy (non-hydrogen) atoms. The van der Waals surface area contributed by atoms with Crippen LogP contribution in [0.25, 0.3) is 11.3 Å². The first kappa shape index (κ1) is 16.8. The largest absolute Gasteiger partial charge is 0.438 e. The maximum Gasteiger partial charge on any atom is 0.225 e. The van der Waals surface area contributed by atoms with Gasteiger partial charge in [0.1, 0.15) is 17.7 Å². The van der Waals surface area contributed by atoms with E-state index >= 15 is 0 Å². The summed E-state index contributed by atoms with van der Waals surface area (Å²) < 4.78 is 32.2. The van der Waals surface area contributed by atoms with Crippen molar-refractivity contribution >= 4 is 5.91 Å². The fourth-order valence-corrected chi connectivity index (χ4v) is 2.40. The smallest absolute Gasteiger partial charge is 0.225 e. The van der Waals surface area contributed by atoms with Crippen molar-refractivity contribution in [3.8, 4) is 11.3 Å². The van der Waals surface area contributed by atoms with Crippen LogP contribution in [0.15, 0.2) is 59.1 Å². The summed E-state index contributed by atoms with van der Waals surface area (Å²) in [5.41, 5.74) is 1.01. The van der Waals surface area contributed by atoms with Gasteiger partial charge in [0.05, 0.1) is 12.6 Å². The van der Waals surface area contributed by atoms with E-state index < -0.39 is 11.9 Å². The number of benzene rings is 2. The van der Waals surface area contributed by atoms with Crippen LogP contribution in [-0.4, -0.2) is 10.9 Å². The molecule has 0 aliphatic carbocycles. The van der Waals surface area contributed by atoms with Gasteiger partial charge in [-0.15, -0.1) is 0 Å². The van der Waals surface area contributed by atoms with E-state index in [1.54, 1.807) is 37.3 Å². The van der Waals surface area contributed by atoms with Crippen molar-refractivity contribution in [1.29, 1.82) is 0 Å². The zero-order chi connectivity index (χ0) is 17.8. The highest BCUT2D eigenvalue weighted by Crippen LogP contribution is 2.23. The van der Waals surface area contributed by atoms with E-state index in [-0.39, 0.29) is 18.1 Å². The van der Waals surface area contributed by atoms with Crippen molar-refractivity contribution < 1.29 is 18.0 Å². The summed E-state index contributed by atoms with van der Waals surface area (Å²) in [6, 6.07) is 11.5. The summed E-state index contributed by atoms with van der Waals surface area (Å²) in [6.07, 6.45) is 1.45.